The number of hydrogen-bond acceptors (Lipinski definition) is 3. The van der Waals surface area contributed by atoms with Crippen molar-refractivity contribution in [3.05, 3.63) is 30.3 Å². The van der Waals surface area contributed by atoms with Gasteiger partial charge in [-0.2, -0.15) is 0 Å². The Kier molecular flexibility index (Phi) is 6.43. The van der Waals surface area contributed by atoms with Gasteiger partial charge in [0.05, 0.1) is 17.0 Å². The smallest absolute Gasteiger partial charge is 0.250 e. The van der Waals surface area contributed by atoms with Crippen LogP contribution in [0.4, 0.5) is 0 Å². The predicted octanol–water partition coefficient (Wildman–Crippen LogP) is 4.56. The van der Waals surface area contributed by atoms with Crippen LogP contribution in [0.5, 0.6) is 5.75 Å². The number of nitrogens with zero attached hydrogens (tertiary/aromatic N) is 1. The molecule has 0 N–H and O–H groups in total. The third-order valence-corrected chi connectivity index (χ3v) is 3.20. The van der Waals surface area contributed by atoms with Gasteiger partial charge in [-0.05, 0) is 39.3 Å². The van der Waals surface area contributed by atoms with Crippen LogP contribution in [0.25, 0.3) is 0 Å². The molecule has 1 unspecified atom stereocenters. The summed E-state index contributed by atoms with van der Waals surface area (Å²) in [7, 11) is -2.04. The van der Waals surface area contributed by atoms with Crippen molar-refractivity contribution in [3.63, 3.8) is 0 Å². The third kappa shape index (κ3) is 6.67. The van der Waals surface area contributed by atoms with Crippen molar-refractivity contribution in [3.8, 4) is 5.75 Å². The molecule has 5 heteroatoms. The Bertz CT molecular complexity index is 389. The van der Waals surface area contributed by atoms with Gasteiger partial charge in [-0.25, -0.2) is 4.52 Å². The van der Waals surface area contributed by atoms with Crippen molar-refractivity contribution in [1.82, 2.24) is 4.83 Å². The normalized spacial score (nSPS) is 12.6. The number of benzene rings is 1. The van der Waals surface area contributed by atoms with Crippen LogP contribution in [0.2, 0.25) is 0 Å². The number of para-hydroxylation sites is 1. The molecule has 0 saturated heterocycles. The second kappa shape index (κ2) is 7.59. The van der Waals surface area contributed by atoms with Crippen molar-refractivity contribution in [2.75, 3.05) is 6.54 Å². The van der Waals surface area contributed by atoms with Crippen LogP contribution in [0.1, 0.15) is 40.5 Å². The van der Waals surface area contributed by atoms with Gasteiger partial charge in [-0.1, -0.05) is 31.5 Å². The maximum absolute atomic E-state index is 12.2. The molecule has 106 valence electrons. The third-order valence-electron chi connectivity index (χ3n) is 2.19. The molecule has 19 heavy (non-hydrogen) atoms. The topological polar surface area (TPSA) is 38.8 Å². The van der Waals surface area contributed by atoms with E-state index in [0.29, 0.717) is 12.3 Å². The van der Waals surface area contributed by atoms with Gasteiger partial charge in [0.15, 0.2) is 5.75 Å². The summed E-state index contributed by atoms with van der Waals surface area (Å²) in [4.78, 5) is 7.15. The summed E-state index contributed by atoms with van der Waals surface area (Å²) in [5.74, 6) is 0.586. The highest BCUT2D eigenvalue weighted by Crippen LogP contribution is 2.33. The molecule has 1 rings (SSSR count). The van der Waals surface area contributed by atoms with E-state index in [1.807, 2.05) is 39.0 Å². The van der Waals surface area contributed by atoms with Crippen LogP contribution in [0, 0.1) is 0 Å². The summed E-state index contributed by atoms with van der Waals surface area (Å²) >= 11 is 0. The molecule has 0 bridgehead atoms. The molecule has 1 aromatic rings. The van der Waals surface area contributed by atoms with Gasteiger partial charge in [0.2, 0.25) is 0 Å². The Morgan fingerprint density at radius 2 is 1.84 bits per heavy atom. The van der Waals surface area contributed by atoms with Crippen LogP contribution < -0.4 is 4.52 Å². The van der Waals surface area contributed by atoms with Gasteiger partial charge in [0.1, 0.15) is 0 Å². The summed E-state index contributed by atoms with van der Waals surface area (Å²) in [6, 6.07) is 9.14. The SMILES string of the molecule is CCCCN(OC(C)(C)C)[P+](=O)Oc1ccccc1. The van der Waals surface area contributed by atoms with Gasteiger partial charge < -0.3 is 0 Å². The fourth-order valence-electron chi connectivity index (χ4n) is 1.39. The number of hydrogen-bond donors (Lipinski definition) is 0. The van der Waals surface area contributed by atoms with Crippen molar-refractivity contribution in [2.24, 2.45) is 0 Å². The number of unbranched alkanes of at least 4 members (excludes halogenated alkanes) is 1. The Morgan fingerprint density at radius 1 is 1.21 bits per heavy atom. The molecule has 1 aromatic carbocycles. The van der Waals surface area contributed by atoms with Crippen LogP contribution in [-0.2, 0) is 9.40 Å². The zero-order chi connectivity index (χ0) is 14.3. The van der Waals surface area contributed by atoms with Gasteiger partial charge in [-0.3, -0.25) is 4.84 Å². The van der Waals surface area contributed by atoms with Crippen molar-refractivity contribution in [2.45, 2.75) is 46.1 Å². The average molecular weight is 284 g/mol. The summed E-state index contributed by atoms with van der Waals surface area (Å²) in [5.41, 5.74) is -0.390. The lowest BCUT2D eigenvalue weighted by atomic mass is 10.2. The molecular weight excluding hydrogens is 261 g/mol. The second-order valence-corrected chi connectivity index (χ2v) is 6.38. The monoisotopic (exact) mass is 284 g/mol. The van der Waals surface area contributed by atoms with Crippen LogP contribution in [-0.4, -0.2) is 17.0 Å². The first-order valence-corrected chi connectivity index (χ1v) is 7.72. The zero-order valence-electron chi connectivity index (χ0n) is 12.1. The first-order valence-electron chi connectivity index (χ1n) is 6.59. The Labute approximate surface area is 116 Å². The second-order valence-electron chi connectivity index (χ2n) is 5.28. The molecule has 4 nitrogen and oxygen atoms in total. The summed E-state index contributed by atoms with van der Waals surface area (Å²) in [6.45, 7) is 8.46. The Balaban J connectivity index is 2.65. The van der Waals surface area contributed by atoms with E-state index in [4.69, 9.17) is 9.36 Å². The molecule has 0 aliphatic heterocycles. The first kappa shape index (κ1) is 16.1. The van der Waals surface area contributed by atoms with Crippen molar-refractivity contribution < 1.29 is 13.9 Å². The average Bonchev–Trinajstić information content (AvgIpc) is 2.34. The summed E-state index contributed by atoms with van der Waals surface area (Å²) < 4.78 is 17.7. The Hall–Kier alpha value is -0.960. The molecule has 1 atom stereocenters. The summed E-state index contributed by atoms with van der Waals surface area (Å²) in [5, 5.41) is 0. The lowest BCUT2D eigenvalue weighted by Gasteiger charge is -2.21. The van der Waals surface area contributed by atoms with E-state index in [9.17, 15) is 4.57 Å². The fraction of sp³-hybridized carbons (Fsp3) is 0.571. The van der Waals surface area contributed by atoms with Crippen molar-refractivity contribution >= 4 is 8.18 Å². The maximum Gasteiger partial charge on any atom is 0.692 e. The van der Waals surface area contributed by atoms with Crippen LogP contribution in [0.3, 0.4) is 0 Å². The molecule has 0 aromatic heterocycles. The van der Waals surface area contributed by atoms with E-state index >= 15 is 0 Å². The zero-order valence-corrected chi connectivity index (χ0v) is 13.0. The predicted molar refractivity (Wildman–Crippen MR) is 77.1 cm³/mol. The number of rotatable bonds is 7. The molecule has 0 aliphatic carbocycles. The number of hydroxylamine groups is 1. The highest BCUT2D eigenvalue weighted by atomic mass is 31.1. The van der Waals surface area contributed by atoms with Gasteiger partial charge in [-0.15, -0.1) is 0 Å². The van der Waals surface area contributed by atoms with Crippen LogP contribution in [0.15, 0.2) is 30.3 Å². The largest absolute Gasteiger partial charge is 0.692 e. The molecule has 0 spiro atoms. The fourth-order valence-corrected chi connectivity index (χ4v) is 2.40. The minimum atomic E-state index is -2.04. The lowest BCUT2D eigenvalue weighted by molar-refractivity contribution is -0.173. The van der Waals surface area contributed by atoms with E-state index < -0.39 is 13.8 Å². The maximum atomic E-state index is 12.2. The quantitative estimate of drug-likeness (QED) is 0.543. The highest BCUT2D eigenvalue weighted by Gasteiger charge is 2.36. The minimum Gasteiger partial charge on any atom is -0.250 e. The van der Waals surface area contributed by atoms with Crippen molar-refractivity contribution in [1.29, 1.82) is 0 Å². The van der Waals surface area contributed by atoms with Gasteiger partial charge >= 0.3 is 8.18 Å². The molecule has 0 fully saturated rings. The molecular formula is C14H23NO3P+. The molecule has 0 heterocycles. The molecule has 0 aliphatic rings. The van der Waals surface area contributed by atoms with Crippen LogP contribution >= 0.6 is 8.18 Å². The standard InChI is InChI=1S/C14H23NO3P/c1-5-6-12-15(18-14(2,3)4)19(16)17-13-10-8-7-9-11-13/h7-11H,5-6,12H2,1-4H3/q+1. The van der Waals surface area contributed by atoms with Gasteiger partial charge in [0, 0.05) is 4.57 Å². The van der Waals surface area contributed by atoms with E-state index in [2.05, 4.69) is 6.92 Å². The van der Waals surface area contributed by atoms with Gasteiger partial charge in [0.25, 0.3) is 0 Å². The molecule has 0 amide bonds. The van der Waals surface area contributed by atoms with E-state index in [0.717, 1.165) is 12.8 Å². The van der Waals surface area contributed by atoms with E-state index in [1.54, 1.807) is 12.1 Å². The Morgan fingerprint density at radius 3 is 2.37 bits per heavy atom. The summed E-state index contributed by atoms with van der Waals surface area (Å²) in [6.07, 6.45) is 1.92. The first-order chi connectivity index (χ1) is 8.92. The molecule has 0 saturated carbocycles. The molecule has 0 radical (unpaired) electrons. The van der Waals surface area contributed by atoms with E-state index in [-0.39, 0.29) is 0 Å². The highest BCUT2D eigenvalue weighted by molar-refractivity contribution is 7.36. The minimum absolute atomic E-state index is 0.390. The lowest BCUT2D eigenvalue weighted by Crippen LogP contribution is -2.30. The van der Waals surface area contributed by atoms with E-state index in [1.165, 1.54) is 4.83 Å².